The van der Waals surface area contributed by atoms with Crippen LogP contribution in [0.25, 0.3) is 0 Å². The molecule has 3 unspecified atom stereocenters. The van der Waals surface area contributed by atoms with Crippen molar-refractivity contribution in [3.05, 3.63) is 0 Å². The van der Waals surface area contributed by atoms with E-state index in [0.717, 1.165) is 0 Å². The van der Waals surface area contributed by atoms with Crippen molar-refractivity contribution in [3.63, 3.8) is 0 Å². The van der Waals surface area contributed by atoms with E-state index in [1.54, 1.807) is 4.90 Å². The van der Waals surface area contributed by atoms with Gasteiger partial charge in [-0.25, -0.2) is 0 Å². The summed E-state index contributed by atoms with van der Waals surface area (Å²) in [6, 6.07) is -0.769. The van der Waals surface area contributed by atoms with E-state index >= 15 is 0 Å². The van der Waals surface area contributed by atoms with Crippen LogP contribution in [0.5, 0.6) is 0 Å². The minimum Gasteiger partial charge on any atom is -0.395 e. The van der Waals surface area contributed by atoms with Gasteiger partial charge in [0.1, 0.15) is 0 Å². The van der Waals surface area contributed by atoms with E-state index in [9.17, 15) is 18.3 Å². The van der Waals surface area contributed by atoms with Gasteiger partial charge in [-0.3, -0.25) is 4.90 Å². The lowest BCUT2D eigenvalue weighted by atomic mass is 9.81. The molecule has 3 N–H and O–H groups in total. The van der Waals surface area contributed by atoms with Gasteiger partial charge in [-0.1, -0.05) is 20.8 Å². The zero-order chi connectivity index (χ0) is 14.8. The lowest BCUT2D eigenvalue weighted by Crippen LogP contribution is -2.58. The molecule has 0 radical (unpaired) electrons. The number of hydrogen-bond acceptors (Lipinski definition) is 3. The van der Waals surface area contributed by atoms with Gasteiger partial charge < -0.3 is 10.8 Å². The summed E-state index contributed by atoms with van der Waals surface area (Å²) < 4.78 is 38.4. The molecule has 0 amide bonds. The van der Waals surface area contributed by atoms with E-state index < -0.39 is 18.1 Å². The standard InChI is InChI=1S/C13H25F3N2O/c1-12(2,3)11(17)10(8-19)18-6-4-5-9(7-18)13(14,15)16/h9-11,19H,4-8,17H2,1-3H3. The van der Waals surface area contributed by atoms with Gasteiger partial charge >= 0.3 is 6.18 Å². The second-order valence-electron chi connectivity index (χ2n) is 6.52. The smallest absolute Gasteiger partial charge is 0.393 e. The molecule has 1 fully saturated rings. The molecule has 0 aliphatic carbocycles. The first-order valence-corrected chi connectivity index (χ1v) is 6.74. The van der Waals surface area contributed by atoms with Gasteiger partial charge in [-0.2, -0.15) is 13.2 Å². The number of aliphatic hydroxyl groups is 1. The van der Waals surface area contributed by atoms with E-state index in [4.69, 9.17) is 5.73 Å². The molecule has 0 bridgehead atoms. The topological polar surface area (TPSA) is 49.5 Å². The van der Waals surface area contributed by atoms with E-state index in [1.807, 2.05) is 20.8 Å². The van der Waals surface area contributed by atoms with E-state index in [-0.39, 0.29) is 31.0 Å². The third kappa shape index (κ3) is 4.33. The SMILES string of the molecule is CC(C)(C)C(N)C(CO)N1CCCC(C(F)(F)F)C1. The Morgan fingerprint density at radius 3 is 2.32 bits per heavy atom. The molecule has 0 aromatic heterocycles. The molecule has 0 aromatic rings. The predicted molar refractivity (Wildman–Crippen MR) is 68.7 cm³/mol. The minimum absolute atomic E-state index is 0.0570. The third-order valence-electron chi connectivity index (χ3n) is 3.99. The Morgan fingerprint density at radius 2 is 1.89 bits per heavy atom. The maximum absolute atomic E-state index is 12.8. The molecular weight excluding hydrogens is 257 g/mol. The summed E-state index contributed by atoms with van der Waals surface area (Å²) in [7, 11) is 0. The van der Waals surface area contributed by atoms with Crippen molar-refractivity contribution < 1.29 is 18.3 Å². The van der Waals surface area contributed by atoms with E-state index in [1.165, 1.54) is 0 Å². The predicted octanol–water partition coefficient (Wildman–Crippen LogP) is 1.99. The van der Waals surface area contributed by atoms with Gasteiger partial charge in [-0.05, 0) is 24.8 Å². The van der Waals surface area contributed by atoms with Crippen LogP contribution in [0.3, 0.4) is 0 Å². The maximum Gasteiger partial charge on any atom is 0.393 e. The van der Waals surface area contributed by atoms with Crippen LogP contribution in [0.2, 0.25) is 0 Å². The Bertz CT molecular complexity index is 289. The molecule has 0 saturated carbocycles. The summed E-state index contributed by atoms with van der Waals surface area (Å²) in [5, 5.41) is 9.50. The highest BCUT2D eigenvalue weighted by Gasteiger charge is 2.44. The zero-order valence-corrected chi connectivity index (χ0v) is 11.9. The summed E-state index contributed by atoms with van der Waals surface area (Å²) >= 11 is 0. The Morgan fingerprint density at radius 1 is 1.32 bits per heavy atom. The Labute approximate surface area is 113 Å². The number of piperidine rings is 1. The quantitative estimate of drug-likeness (QED) is 0.832. The van der Waals surface area contributed by atoms with Crippen LogP contribution >= 0.6 is 0 Å². The highest BCUT2D eigenvalue weighted by molar-refractivity contribution is 4.92. The van der Waals surface area contributed by atoms with Crippen molar-refractivity contribution in [2.45, 2.75) is 51.9 Å². The first-order chi connectivity index (χ1) is 8.57. The molecule has 1 saturated heterocycles. The van der Waals surface area contributed by atoms with Crippen molar-refractivity contribution >= 4 is 0 Å². The fourth-order valence-electron chi connectivity index (χ4n) is 2.61. The normalized spacial score (nSPS) is 26.2. The molecule has 1 aliphatic heterocycles. The molecule has 1 heterocycles. The summed E-state index contributed by atoms with van der Waals surface area (Å²) in [6.07, 6.45) is -3.50. The number of rotatable bonds is 3. The molecule has 3 nitrogen and oxygen atoms in total. The molecule has 6 heteroatoms. The minimum atomic E-state index is -4.16. The van der Waals surface area contributed by atoms with Crippen LogP contribution in [-0.2, 0) is 0 Å². The molecule has 0 spiro atoms. The number of nitrogens with two attached hydrogens (primary N) is 1. The summed E-state index contributed by atoms with van der Waals surface area (Å²) in [6.45, 7) is 6.12. The zero-order valence-electron chi connectivity index (χ0n) is 11.9. The van der Waals surface area contributed by atoms with Crippen molar-refractivity contribution in [1.29, 1.82) is 0 Å². The van der Waals surface area contributed by atoms with Crippen molar-refractivity contribution in [3.8, 4) is 0 Å². The number of aliphatic hydroxyl groups excluding tert-OH is 1. The molecule has 3 atom stereocenters. The highest BCUT2D eigenvalue weighted by atomic mass is 19.4. The Kier molecular flexibility index (Phi) is 5.26. The fraction of sp³-hybridized carbons (Fsp3) is 1.00. The molecular formula is C13H25F3N2O. The number of likely N-dealkylation sites (tertiary alicyclic amines) is 1. The molecule has 114 valence electrons. The average molecular weight is 282 g/mol. The van der Waals surface area contributed by atoms with E-state index in [2.05, 4.69) is 0 Å². The van der Waals surface area contributed by atoms with Crippen LogP contribution in [0.4, 0.5) is 13.2 Å². The van der Waals surface area contributed by atoms with Gasteiger partial charge in [0.2, 0.25) is 0 Å². The summed E-state index contributed by atoms with van der Waals surface area (Å²) in [5.74, 6) is -1.30. The highest BCUT2D eigenvalue weighted by Crippen LogP contribution is 2.34. The first-order valence-electron chi connectivity index (χ1n) is 6.74. The number of alkyl halides is 3. The van der Waals surface area contributed by atoms with Crippen molar-refractivity contribution in [1.82, 2.24) is 4.90 Å². The molecule has 0 aromatic carbocycles. The van der Waals surface area contributed by atoms with Crippen LogP contribution < -0.4 is 5.73 Å². The monoisotopic (exact) mass is 282 g/mol. The molecule has 1 aliphatic rings. The lowest BCUT2D eigenvalue weighted by Gasteiger charge is -2.43. The largest absolute Gasteiger partial charge is 0.395 e. The van der Waals surface area contributed by atoms with Gasteiger partial charge in [0.05, 0.1) is 12.5 Å². The van der Waals surface area contributed by atoms with Crippen LogP contribution in [0.15, 0.2) is 0 Å². The average Bonchev–Trinajstić information content (AvgIpc) is 2.28. The second-order valence-corrected chi connectivity index (χ2v) is 6.52. The number of hydrogen-bond donors (Lipinski definition) is 2. The van der Waals surface area contributed by atoms with Gasteiger partial charge in [0.15, 0.2) is 0 Å². The van der Waals surface area contributed by atoms with Crippen molar-refractivity contribution in [2.75, 3.05) is 19.7 Å². The maximum atomic E-state index is 12.8. The number of nitrogens with zero attached hydrogens (tertiary/aromatic N) is 1. The van der Waals surface area contributed by atoms with Gasteiger partial charge in [0.25, 0.3) is 0 Å². The Balaban J connectivity index is 2.76. The molecule has 1 rings (SSSR count). The second kappa shape index (κ2) is 5.97. The van der Waals surface area contributed by atoms with E-state index in [0.29, 0.717) is 13.0 Å². The fourth-order valence-corrected chi connectivity index (χ4v) is 2.61. The molecule has 19 heavy (non-hydrogen) atoms. The number of halogens is 3. The third-order valence-corrected chi connectivity index (χ3v) is 3.99. The lowest BCUT2D eigenvalue weighted by molar-refractivity contribution is -0.190. The summed E-state index contributed by atoms with van der Waals surface area (Å²) in [4.78, 5) is 1.71. The summed E-state index contributed by atoms with van der Waals surface area (Å²) in [5.41, 5.74) is 5.86. The van der Waals surface area contributed by atoms with Gasteiger partial charge in [-0.15, -0.1) is 0 Å². The van der Waals surface area contributed by atoms with Gasteiger partial charge in [0, 0.05) is 18.6 Å². The van der Waals surface area contributed by atoms with Crippen LogP contribution in [0, 0.1) is 11.3 Å². The van der Waals surface area contributed by atoms with Crippen molar-refractivity contribution in [2.24, 2.45) is 17.1 Å². The first kappa shape index (κ1) is 16.7. The van der Waals surface area contributed by atoms with Crippen LogP contribution in [-0.4, -0.2) is 48.0 Å². The van der Waals surface area contributed by atoms with Crippen LogP contribution in [0.1, 0.15) is 33.6 Å². The Hall–Kier alpha value is -0.330.